The molecule has 1 heterocycles. The molecule has 3 heteroatoms. The van der Waals surface area contributed by atoms with Crippen molar-refractivity contribution in [3.05, 3.63) is 0 Å². The first-order valence-electron chi connectivity index (χ1n) is 2.65. The Hall–Kier alpha value is -0.570. The van der Waals surface area contributed by atoms with E-state index < -0.39 is 0 Å². The second-order valence-electron chi connectivity index (χ2n) is 2.03. The summed E-state index contributed by atoms with van der Waals surface area (Å²) >= 11 is 0. The molecule has 0 radical (unpaired) electrons. The first-order valence-corrected chi connectivity index (χ1v) is 2.65. The number of hydrogen-bond acceptors (Lipinski definition) is 3. The van der Waals surface area contributed by atoms with Gasteiger partial charge < -0.3 is 10.6 Å². The Morgan fingerprint density at radius 2 is 2.25 bits per heavy atom. The van der Waals surface area contributed by atoms with E-state index in [-0.39, 0.29) is 6.10 Å². The van der Waals surface area contributed by atoms with Crippen molar-refractivity contribution < 1.29 is 4.74 Å². The predicted molar refractivity (Wildman–Crippen MR) is 31.6 cm³/mol. The lowest BCUT2D eigenvalue weighted by Crippen LogP contribution is -2.06. The lowest BCUT2D eigenvalue weighted by molar-refractivity contribution is 0.406. The predicted octanol–water partition coefficient (Wildman–Crippen LogP) is 0.108. The number of hydrazone groups is 1. The minimum Gasteiger partial charge on any atom is -0.363 e. The molecule has 1 aliphatic heterocycles. The van der Waals surface area contributed by atoms with Crippen LogP contribution >= 0.6 is 0 Å². The van der Waals surface area contributed by atoms with Gasteiger partial charge in [-0.25, -0.2) is 0 Å². The number of hydrogen-bond donors (Lipinski definition) is 1. The van der Waals surface area contributed by atoms with E-state index in [0.717, 1.165) is 5.71 Å². The zero-order valence-corrected chi connectivity index (χ0v) is 5.09. The minimum atomic E-state index is 0.208. The number of epoxide rings is 1. The monoisotopic (exact) mass is 114 g/mol. The van der Waals surface area contributed by atoms with Crippen molar-refractivity contribution in [2.75, 3.05) is 0 Å². The topological polar surface area (TPSA) is 50.9 Å². The fraction of sp³-hybridized carbons (Fsp3) is 0.800. The van der Waals surface area contributed by atoms with Gasteiger partial charge in [0.1, 0.15) is 6.10 Å². The highest BCUT2D eigenvalue weighted by atomic mass is 16.6. The smallest absolute Gasteiger partial charge is 0.123 e. The first kappa shape index (κ1) is 5.56. The van der Waals surface area contributed by atoms with Crippen LogP contribution in [0.1, 0.15) is 13.8 Å². The van der Waals surface area contributed by atoms with Gasteiger partial charge in [0, 0.05) is 0 Å². The van der Waals surface area contributed by atoms with Crippen LogP contribution in [0.4, 0.5) is 0 Å². The highest BCUT2D eigenvalue weighted by Crippen LogP contribution is 2.21. The molecule has 8 heavy (non-hydrogen) atoms. The summed E-state index contributed by atoms with van der Waals surface area (Å²) in [6, 6.07) is 0. The van der Waals surface area contributed by atoms with E-state index >= 15 is 0 Å². The maximum absolute atomic E-state index is 5.06. The average Bonchev–Trinajstić information content (AvgIpc) is 2.45. The van der Waals surface area contributed by atoms with Crippen LogP contribution in [0.3, 0.4) is 0 Å². The van der Waals surface area contributed by atoms with Gasteiger partial charge in [0.25, 0.3) is 0 Å². The van der Waals surface area contributed by atoms with Crippen molar-refractivity contribution in [3.8, 4) is 0 Å². The summed E-state index contributed by atoms with van der Waals surface area (Å²) in [5.74, 6) is 4.98. The molecule has 2 atom stereocenters. The fourth-order valence-electron chi connectivity index (χ4n) is 0.697. The van der Waals surface area contributed by atoms with Crippen LogP contribution in [0.25, 0.3) is 0 Å². The Morgan fingerprint density at radius 3 is 2.38 bits per heavy atom. The molecule has 0 aromatic rings. The molecule has 0 amide bonds. The number of rotatable bonds is 1. The van der Waals surface area contributed by atoms with E-state index in [1.54, 1.807) is 0 Å². The van der Waals surface area contributed by atoms with Crippen LogP contribution in [0.2, 0.25) is 0 Å². The van der Waals surface area contributed by atoms with E-state index in [2.05, 4.69) is 5.10 Å². The van der Waals surface area contributed by atoms with Gasteiger partial charge in [-0.2, -0.15) is 5.10 Å². The van der Waals surface area contributed by atoms with E-state index in [9.17, 15) is 0 Å². The molecule has 2 N–H and O–H groups in total. The molecule has 1 fully saturated rings. The van der Waals surface area contributed by atoms with Crippen molar-refractivity contribution in [1.82, 2.24) is 0 Å². The summed E-state index contributed by atoms with van der Waals surface area (Å²) in [4.78, 5) is 0. The quantitative estimate of drug-likeness (QED) is 0.227. The van der Waals surface area contributed by atoms with Gasteiger partial charge >= 0.3 is 0 Å². The Morgan fingerprint density at radius 1 is 1.75 bits per heavy atom. The summed E-state index contributed by atoms with van der Waals surface area (Å²) in [6.07, 6.45) is 0.544. The fourth-order valence-corrected chi connectivity index (χ4v) is 0.697. The average molecular weight is 114 g/mol. The summed E-state index contributed by atoms with van der Waals surface area (Å²) in [5, 5.41) is 3.49. The Labute approximate surface area is 48.5 Å². The molecule has 0 aliphatic carbocycles. The summed E-state index contributed by atoms with van der Waals surface area (Å²) in [6.45, 7) is 3.87. The summed E-state index contributed by atoms with van der Waals surface area (Å²) < 4.78 is 5.06. The number of ether oxygens (including phenoxy) is 1. The second-order valence-corrected chi connectivity index (χ2v) is 2.03. The molecule has 0 aromatic carbocycles. The van der Waals surface area contributed by atoms with Gasteiger partial charge in [0.2, 0.25) is 0 Å². The van der Waals surface area contributed by atoms with Crippen LogP contribution < -0.4 is 5.84 Å². The van der Waals surface area contributed by atoms with E-state index in [0.29, 0.717) is 6.10 Å². The van der Waals surface area contributed by atoms with Gasteiger partial charge in [-0.15, -0.1) is 0 Å². The normalized spacial score (nSPS) is 37.5. The van der Waals surface area contributed by atoms with Gasteiger partial charge in [-0.1, -0.05) is 0 Å². The Balaban J connectivity index is 2.39. The Kier molecular flexibility index (Phi) is 1.21. The number of nitrogens with two attached hydrogens (primary N) is 1. The third kappa shape index (κ3) is 0.816. The molecular formula is C5H10N2O. The zero-order chi connectivity index (χ0) is 6.15. The maximum atomic E-state index is 5.06. The zero-order valence-electron chi connectivity index (χ0n) is 5.09. The van der Waals surface area contributed by atoms with E-state index in [1.807, 2.05) is 13.8 Å². The van der Waals surface area contributed by atoms with Crippen LogP contribution in [-0.2, 0) is 4.74 Å². The maximum Gasteiger partial charge on any atom is 0.123 e. The molecule has 2 unspecified atom stereocenters. The highest BCUT2D eigenvalue weighted by molar-refractivity contribution is 5.88. The molecule has 46 valence electrons. The van der Waals surface area contributed by atoms with Crippen LogP contribution in [0.15, 0.2) is 5.10 Å². The van der Waals surface area contributed by atoms with Gasteiger partial charge in [-0.3, -0.25) is 0 Å². The molecule has 0 saturated carbocycles. The molecule has 0 spiro atoms. The van der Waals surface area contributed by atoms with E-state index in [4.69, 9.17) is 10.6 Å². The molecule has 1 aliphatic rings. The van der Waals surface area contributed by atoms with Crippen molar-refractivity contribution in [2.45, 2.75) is 26.1 Å². The van der Waals surface area contributed by atoms with Crippen LogP contribution in [0.5, 0.6) is 0 Å². The third-order valence-corrected chi connectivity index (χ3v) is 1.33. The first-order chi connectivity index (χ1) is 3.75. The molecule has 0 bridgehead atoms. The van der Waals surface area contributed by atoms with Crippen molar-refractivity contribution >= 4 is 5.71 Å². The van der Waals surface area contributed by atoms with Gasteiger partial charge in [0.05, 0.1) is 11.8 Å². The van der Waals surface area contributed by atoms with Crippen molar-refractivity contribution in [3.63, 3.8) is 0 Å². The Bertz CT molecular complexity index is 122. The summed E-state index contributed by atoms with van der Waals surface area (Å²) in [7, 11) is 0. The third-order valence-electron chi connectivity index (χ3n) is 1.33. The lowest BCUT2D eigenvalue weighted by Gasteiger charge is -1.85. The van der Waals surface area contributed by atoms with Crippen molar-refractivity contribution in [2.24, 2.45) is 10.9 Å². The highest BCUT2D eigenvalue weighted by Gasteiger charge is 2.36. The van der Waals surface area contributed by atoms with Gasteiger partial charge in [-0.05, 0) is 13.8 Å². The van der Waals surface area contributed by atoms with Crippen LogP contribution in [-0.4, -0.2) is 17.9 Å². The van der Waals surface area contributed by atoms with Crippen LogP contribution in [0, 0.1) is 0 Å². The van der Waals surface area contributed by atoms with Gasteiger partial charge in [0.15, 0.2) is 0 Å². The lowest BCUT2D eigenvalue weighted by atomic mass is 10.2. The molecule has 1 rings (SSSR count). The SMILES string of the molecule is C/C(=N/N)C1OC1C. The minimum absolute atomic E-state index is 0.208. The largest absolute Gasteiger partial charge is 0.363 e. The van der Waals surface area contributed by atoms with Crippen molar-refractivity contribution in [1.29, 1.82) is 0 Å². The molecule has 3 nitrogen and oxygen atoms in total. The van der Waals surface area contributed by atoms with E-state index in [1.165, 1.54) is 0 Å². The standard InChI is InChI=1S/C5H10N2O/c1-3(7-6)5-4(2)8-5/h4-5H,6H2,1-2H3/b7-3-. The summed E-state index contributed by atoms with van der Waals surface area (Å²) in [5.41, 5.74) is 0.887. The molecule has 0 aromatic heterocycles. The second kappa shape index (κ2) is 1.74. The molecule has 1 saturated heterocycles. The molecular weight excluding hydrogens is 104 g/mol. The number of nitrogens with zero attached hydrogens (tertiary/aromatic N) is 1.